The van der Waals surface area contributed by atoms with Gasteiger partial charge in [0.05, 0.1) is 10.7 Å². The molecule has 0 aliphatic carbocycles. The topological polar surface area (TPSA) is 24.9 Å². The maximum absolute atomic E-state index is 4.47. The van der Waals surface area contributed by atoms with E-state index in [9.17, 15) is 0 Å². The van der Waals surface area contributed by atoms with Gasteiger partial charge in [0.15, 0.2) is 0 Å². The van der Waals surface area contributed by atoms with Crippen molar-refractivity contribution in [2.24, 2.45) is 0 Å². The molecular formula is C15H20N2S. The van der Waals surface area contributed by atoms with Crippen LogP contribution >= 0.6 is 11.3 Å². The normalized spacial score (nSPS) is 12.6. The maximum Gasteiger partial charge on any atom is 0.0897 e. The number of hydrogen-bond donors (Lipinski definition) is 1. The van der Waals surface area contributed by atoms with E-state index in [0.29, 0.717) is 6.04 Å². The first-order valence-electron chi connectivity index (χ1n) is 6.36. The highest BCUT2D eigenvalue weighted by molar-refractivity contribution is 7.09. The monoisotopic (exact) mass is 260 g/mol. The Kier molecular flexibility index (Phi) is 4.50. The lowest BCUT2D eigenvalue weighted by atomic mass is 10.1. The van der Waals surface area contributed by atoms with Crippen LogP contribution in [0.4, 0.5) is 0 Å². The quantitative estimate of drug-likeness (QED) is 0.887. The molecule has 0 amide bonds. The van der Waals surface area contributed by atoms with Crippen LogP contribution in [0.1, 0.15) is 34.8 Å². The fraction of sp³-hybridized carbons (Fsp3) is 0.400. The third-order valence-corrected chi connectivity index (χ3v) is 3.86. The summed E-state index contributed by atoms with van der Waals surface area (Å²) in [4.78, 5) is 4.47. The summed E-state index contributed by atoms with van der Waals surface area (Å²) in [7, 11) is 0. The van der Waals surface area contributed by atoms with E-state index < -0.39 is 0 Å². The third-order valence-electron chi connectivity index (χ3n) is 3.04. The summed E-state index contributed by atoms with van der Waals surface area (Å²) in [5.41, 5.74) is 3.86. The van der Waals surface area contributed by atoms with Gasteiger partial charge in [-0.05, 0) is 26.3 Å². The molecule has 0 aliphatic rings. The average molecular weight is 260 g/mol. The zero-order chi connectivity index (χ0) is 13.0. The summed E-state index contributed by atoms with van der Waals surface area (Å²) >= 11 is 1.72. The van der Waals surface area contributed by atoms with E-state index >= 15 is 0 Å². The Morgan fingerprint density at radius 2 is 2.17 bits per heavy atom. The van der Waals surface area contributed by atoms with Crippen molar-refractivity contribution in [3.8, 4) is 0 Å². The fourth-order valence-corrected chi connectivity index (χ4v) is 2.64. The number of thiazole rings is 1. The predicted molar refractivity (Wildman–Crippen MR) is 78.2 cm³/mol. The number of nitrogens with zero attached hydrogens (tertiary/aromatic N) is 1. The Morgan fingerprint density at radius 3 is 2.83 bits per heavy atom. The molecule has 3 heteroatoms. The number of rotatable bonds is 5. The molecule has 96 valence electrons. The molecule has 0 spiro atoms. The molecule has 2 aromatic rings. The highest BCUT2D eigenvalue weighted by atomic mass is 32.1. The summed E-state index contributed by atoms with van der Waals surface area (Å²) < 4.78 is 0. The van der Waals surface area contributed by atoms with Crippen molar-refractivity contribution >= 4 is 11.3 Å². The van der Waals surface area contributed by atoms with E-state index in [1.807, 2.05) is 0 Å². The van der Waals surface area contributed by atoms with Gasteiger partial charge < -0.3 is 5.32 Å². The second kappa shape index (κ2) is 6.12. The SMILES string of the molecule is Cc1cccc(C(C)NCCc2csc(C)n2)c1. The average Bonchev–Trinajstić information content (AvgIpc) is 2.75. The van der Waals surface area contributed by atoms with Crippen LogP contribution in [-0.4, -0.2) is 11.5 Å². The molecule has 0 saturated heterocycles. The molecular weight excluding hydrogens is 240 g/mol. The van der Waals surface area contributed by atoms with Crippen LogP contribution in [-0.2, 0) is 6.42 Å². The van der Waals surface area contributed by atoms with Crippen LogP contribution < -0.4 is 5.32 Å². The van der Waals surface area contributed by atoms with Crippen LogP contribution in [0.5, 0.6) is 0 Å². The van der Waals surface area contributed by atoms with Gasteiger partial charge in [-0.25, -0.2) is 4.98 Å². The Hall–Kier alpha value is -1.19. The van der Waals surface area contributed by atoms with Gasteiger partial charge in [0.1, 0.15) is 0 Å². The minimum absolute atomic E-state index is 0.393. The van der Waals surface area contributed by atoms with Gasteiger partial charge in [0.25, 0.3) is 0 Å². The minimum atomic E-state index is 0.393. The third kappa shape index (κ3) is 3.65. The summed E-state index contributed by atoms with van der Waals surface area (Å²) in [5.74, 6) is 0. The number of nitrogens with one attached hydrogen (secondary N) is 1. The number of aromatic nitrogens is 1. The van der Waals surface area contributed by atoms with Gasteiger partial charge >= 0.3 is 0 Å². The molecule has 2 nitrogen and oxygen atoms in total. The van der Waals surface area contributed by atoms with Gasteiger partial charge in [0.2, 0.25) is 0 Å². The first-order valence-corrected chi connectivity index (χ1v) is 7.24. The number of hydrogen-bond acceptors (Lipinski definition) is 3. The second-order valence-corrected chi connectivity index (χ2v) is 5.76. The Balaban J connectivity index is 1.83. The molecule has 1 heterocycles. The molecule has 1 atom stereocenters. The molecule has 1 N–H and O–H groups in total. The standard InChI is InChI=1S/C15H20N2S/c1-11-5-4-6-14(9-11)12(2)16-8-7-15-10-18-13(3)17-15/h4-6,9-10,12,16H,7-8H2,1-3H3. The summed E-state index contributed by atoms with van der Waals surface area (Å²) in [6.07, 6.45) is 1.00. The van der Waals surface area contributed by atoms with Crippen molar-refractivity contribution in [1.29, 1.82) is 0 Å². The van der Waals surface area contributed by atoms with Crippen LogP contribution in [0.25, 0.3) is 0 Å². The largest absolute Gasteiger partial charge is 0.310 e. The lowest BCUT2D eigenvalue weighted by molar-refractivity contribution is 0.574. The zero-order valence-corrected chi connectivity index (χ0v) is 12.1. The van der Waals surface area contributed by atoms with E-state index in [-0.39, 0.29) is 0 Å². The van der Waals surface area contributed by atoms with Crippen molar-refractivity contribution in [2.45, 2.75) is 33.2 Å². The summed E-state index contributed by atoms with van der Waals surface area (Å²) in [6, 6.07) is 9.06. The second-order valence-electron chi connectivity index (χ2n) is 4.70. The lowest BCUT2D eigenvalue weighted by Crippen LogP contribution is -2.21. The highest BCUT2D eigenvalue weighted by Crippen LogP contribution is 2.14. The van der Waals surface area contributed by atoms with Gasteiger partial charge in [-0.2, -0.15) is 0 Å². The first-order chi connectivity index (χ1) is 8.65. The maximum atomic E-state index is 4.47. The Bertz CT molecular complexity index is 505. The van der Waals surface area contributed by atoms with Crippen LogP contribution in [0.15, 0.2) is 29.6 Å². The van der Waals surface area contributed by atoms with Crippen LogP contribution in [0.3, 0.4) is 0 Å². The van der Waals surface area contributed by atoms with Crippen molar-refractivity contribution in [3.05, 3.63) is 51.5 Å². The molecule has 0 aliphatic heterocycles. The van der Waals surface area contributed by atoms with Crippen LogP contribution in [0.2, 0.25) is 0 Å². The van der Waals surface area contributed by atoms with E-state index in [0.717, 1.165) is 18.0 Å². The number of aryl methyl sites for hydroxylation is 2. The molecule has 1 unspecified atom stereocenters. The summed E-state index contributed by atoms with van der Waals surface area (Å²) in [5, 5.41) is 6.85. The molecule has 1 aromatic carbocycles. The first kappa shape index (κ1) is 13.2. The predicted octanol–water partition coefficient (Wildman–Crippen LogP) is 3.65. The van der Waals surface area contributed by atoms with Crippen molar-refractivity contribution in [3.63, 3.8) is 0 Å². The van der Waals surface area contributed by atoms with E-state index in [1.54, 1.807) is 11.3 Å². The fourth-order valence-electron chi connectivity index (χ4n) is 2.00. The highest BCUT2D eigenvalue weighted by Gasteiger charge is 2.05. The van der Waals surface area contributed by atoms with E-state index in [2.05, 4.69) is 60.7 Å². The summed E-state index contributed by atoms with van der Waals surface area (Å²) in [6.45, 7) is 7.37. The molecule has 0 bridgehead atoms. The smallest absolute Gasteiger partial charge is 0.0897 e. The van der Waals surface area contributed by atoms with Gasteiger partial charge in [-0.15, -0.1) is 11.3 Å². The van der Waals surface area contributed by atoms with Crippen molar-refractivity contribution in [1.82, 2.24) is 10.3 Å². The number of benzene rings is 1. The van der Waals surface area contributed by atoms with Gasteiger partial charge in [-0.3, -0.25) is 0 Å². The molecule has 1 aromatic heterocycles. The van der Waals surface area contributed by atoms with E-state index in [4.69, 9.17) is 0 Å². The van der Waals surface area contributed by atoms with E-state index in [1.165, 1.54) is 16.8 Å². The van der Waals surface area contributed by atoms with Crippen molar-refractivity contribution < 1.29 is 0 Å². The lowest BCUT2D eigenvalue weighted by Gasteiger charge is -2.14. The molecule has 2 rings (SSSR count). The van der Waals surface area contributed by atoms with Crippen LogP contribution in [0, 0.1) is 13.8 Å². The Morgan fingerprint density at radius 1 is 1.33 bits per heavy atom. The Labute approximate surface area is 113 Å². The molecule has 0 radical (unpaired) electrons. The van der Waals surface area contributed by atoms with Crippen molar-refractivity contribution in [2.75, 3.05) is 6.54 Å². The van der Waals surface area contributed by atoms with Gasteiger partial charge in [-0.1, -0.05) is 29.8 Å². The molecule has 18 heavy (non-hydrogen) atoms. The molecule has 0 saturated carbocycles. The van der Waals surface area contributed by atoms with Gasteiger partial charge in [0, 0.05) is 24.4 Å². The molecule has 0 fully saturated rings. The minimum Gasteiger partial charge on any atom is -0.310 e. The zero-order valence-electron chi connectivity index (χ0n) is 11.2.